The Morgan fingerprint density at radius 1 is 1.09 bits per heavy atom. The number of benzene rings is 2. The van der Waals surface area contributed by atoms with Gasteiger partial charge in [-0.05, 0) is 61.9 Å². The summed E-state index contributed by atoms with van der Waals surface area (Å²) in [4.78, 5) is 22.0. The van der Waals surface area contributed by atoms with Crippen LogP contribution in [0.2, 0.25) is 0 Å². The van der Waals surface area contributed by atoms with Gasteiger partial charge in [-0.1, -0.05) is 24.3 Å². The van der Waals surface area contributed by atoms with Gasteiger partial charge in [0.15, 0.2) is 9.84 Å². The van der Waals surface area contributed by atoms with Crippen LogP contribution in [0, 0.1) is 0 Å². The number of nitrogens with zero attached hydrogens (tertiary/aromatic N) is 3. The highest BCUT2D eigenvalue weighted by Crippen LogP contribution is 2.23. The fourth-order valence-electron chi connectivity index (χ4n) is 4.43. The number of carbonyl (C=O) groups excluding carboxylic acids is 1. The summed E-state index contributed by atoms with van der Waals surface area (Å²) < 4.78 is 28.6. The van der Waals surface area contributed by atoms with E-state index >= 15 is 0 Å². The molecule has 0 spiro atoms. The Morgan fingerprint density at radius 2 is 1.80 bits per heavy atom. The van der Waals surface area contributed by atoms with Crippen LogP contribution in [0.1, 0.15) is 28.8 Å². The van der Waals surface area contributed by atoms with Crippen molar-refractivity contribution in [2.24, 2.45) is 0 Å². The standard InChI is InChI=1S/C27H31N3O4S/c1-29(23-13-15-30(16-14-23)27(31)22-5-4-6-24(17-22)34-2)19-20-7-12-26(28-18-20)21-8-10-25(11-9-21)35(3,32)33/h4-12,17-18,23H,13-16,19H2,1-3H3. The predicted octanol–water partition coefficient (Wildman–Crippen LogP) is 3.90. The van der Waals surface area contributed by atoms with Gasteiger partial charge in [0, 0.05) is 49.3 Å². The number of hydrogen-bond donors (Lipinski definition) is 0. The first-order valence-electron chi connectivity index (χ1n) is 11.6. The highest BCUT2D eigenvalue weighted by Gasteiger charge is 2.26. The number of sulfone groups is 1. The van der Waals surface area contributed by atoms with E-state index in [-0.39, 0.29) is 5.91 Å². The Morgan fingerprint density at radius 3 is 2.40 bits per heavy atom. The highest BCUT2D eigenvalue weighted by atomic mass is 32.2. The molecule has 0 saturated carbocycles. The topological polar surface area (TPSA) is 79.8 Å². The minimum atomic E-state index is -3.21. The second kappa shape index (κ2) is 10.6. The molecule has 0 radical (unpaired) electrons. The van der Waals surface area contributed by atoms with Crippen molar-refractivity contribution in [1.29, 1.82) is 0 Å². The molecule has 0 bridgehead atoms. The first-order chi connectivity index (χ1) is 16.7. The summed E-state index contributed by atoms with van der Waals surface area (Å²) in [6.45, 7) is 2.23. The molecule has 8 heteroatoms. The van der Waals surface area contributed by atoms with Crippen molar-refractivity contribution in [2.45, 2.75) is 30.3 Å². The summed E-state index contributed by atoms with van der Waals surface area (Å²) in [5.74, 6) is 0.741. The molecule has 1 saturated heterocycles. The number of methoxy groups -OCH3 is 1. The van der Waals surface area contributed by atoms with Crippen LogP contribution in [0.4, 0.5) is 0 Å². The lowest BCUT2D eigenvalue weighted by molar-refractivity contribution is 0.0639. The lowest BCUT2D eigenvalue weighted by Gasteiger charge is -2.37. The number of pyridine rings is 1. The van der Waals surface area contributed by atoms with Crippen LogP contribution in [0.3, 0.4) is 0 Å². The number of amides is 1. The molecule has 2 aromatic carbocycles. The van der Waals surface area contributed by atoms with Crippen LogP contribution in [-0.2, 0) is 16.4 Å². The fourth-order valence-corrected chi connectivity index (χ4v) is 5.06. The van der Waals surface area contributed by atoms with E-state index in [2.05, 4.69) is 23.0 Å². The van der Waals surface area contributed by atoms with Gasteiger partial charge >= 0.3 is 0 Å². The quantitative estimate of drug-likeness (QED) is 0.497. The van der Waals surface area contributed by atoms with Gasteiger partial charge in [0.2, 0.25) is 0 Å². The SMILES string of the molecule is COc1cccc(C(=O)N2CCC(N(C)Cc3ccc(-c4ccc(S(C)(=O)=O)cc4)nc3)CC2)c1. The average molecular weight is 494 g/mol. The van der Waals surface area contributed by atoms with Gasteiger partial charge < -0.3 is 9.64 Å². The zero-order chi connectivity index (χ0) is 25.0. The molecule has 0 unspecified atom stereocenters. The Labute approximate surface area is 207 Å². The summed E-state index contributed by atoms with van der Waals surface area (Å²) in [6.07, 6.45) is 4.92. The molecule has 1 aromatic heterocycles. The van der Waals surface area contributed by atoms with Gasteiger partial charge in [-0.25, -0.2) is 8.42 Å². The van der Waals surface area contributed by atoms with E-state index in [0.717, 1.165) is 49.3 Å². The Hall–Kier alpha value is -3.23. The fraction of sp³-hybridized carbons (Fsp3) is 0.333. The maximum absolute atomic E-state index is 12.9. The van der Waals surface area contributed by atoms with E-state index in [4.69, 9.17) is 4.74 Å². The van der Waals surface area contributed by atoms with Crippen LogP contribution in [0.15, 0.2) is 71.8 Å². The summed E-state index contributed by atoms with van der Waals surface area (Å²) in [6, 6.07) is 18.5. The van der Waals surface area contributed by atoms with E-state index in [9.17, 15) is 13.2 Å². The Balaban J connectivity index is 1.31. The van der Waals surface area contributed by atoms with Gasteiger partial charge in [-0.15, -0.1) is 0 Å². The first kappa shape index (κ1) is 24.9. The normalized spacial score (nSPS) is 14.8. The van der Waals surface area contributed by atoms with Crippen molar-refractivity contribution in [3.63, 3.8) is 0 Å². The molecular formula is C27H31N3O4S. The highest BCUT2D eigenvalue weighted by molar-refractivity contribution is 7.90. The maximum Gasteiger partial charge on any atom is 0.253 e. The minimum Gasteiger partial charge on any atom is -0.497 e. The van der Waals surface area contributed by atoms with Crippen LogP contribution in [0.25, 0.3) is 11.3 Å². The average Bonchev–Trinajstić information content (AvgIpc) is 2.88. The molecule has 35 heavy (non-hydrogen) atoms. The van der Waals surface area contributed by atoms with Gasteiger partial charge in [-0.2, -0.15) is 0 Å². The monoisotopic (exact) mass is 493 g/mol. The third-order valence-electron chi connectivity index (χ3n) is 6.53. The number of rotatable bonds is 7. The second-order valence-corrected chi connectivity index (χ2v) is 11.0. The zero-order valence-corrected chi connectivity index (χ0v) is 21.2. The number of likely N-dealkylation sites (tertiary alicyclic amines) is 1. The number of hydrogen-bond acceptors (Lipinski definition) is 6. The molecule has 1 fully saturated rings. The smallest absolute Gasteiger partial charge is 0.253 e. The van der Waals surface area contributed by atoms with E-state index in [0.29, 0.717) is 22.3 Å². The maximum atomic E-state index is 12.9. The molecule has 4 rings (SSSR count). The molecule has 3 aromatic rings. The summed E-state index contributed by atoms with van der Waals surface area (Å²) >= 11 is 0. The minimum absolute atomic E-state index is 0.0503. The first-order valence-corrected chi connectivity index (χ1v) is 13.5. The third kappa shape index (κ3) is 6.07. The summed E-state index contributed by atoms with van der Waals surface area (Å²) in [5, 5.41) is 0. The molecule has 7 nitrogen and oxygen atoms in total. The van der Waals surface area contributed by atoms with Gasteiger partial charge in [0.25, 0.3) is 5.91 Å². The largest absolute Gasteiger partial charge is 0.497 e. The van der Waals surface area contributed by atoms with E-state index < -0.39 is 9.84 Å². The summed E-state index contributed by atoms with van der Waals surface area (Å²) in [5.41, 5.74) is 3.46. The molecule has 184 valence electrons. The molecule has 1 aliphatic rings. The van der Waals surface area contributed by atoms with Crippen molar-refractivity contribution < 1.29 is 17.9 Å². The molecule has 0 aliphatic carbocycles. The molecule has 1 aliphatic heterocycles. The zero-order valence-electron chi connectivity index (χ0n) is 20.3. The number of ether oxygens (including phenoxy) is 1. The second-order valence-electron chi connectivity index (χ2n) is 9.02. The molecule has 0 N–H and O–H groups in total. The lowest BCUT2D eigenvalue weighted by atomic mass is 10.0. The van der Waals surface area contributed by atoms with Gasteiger partial charge in [0.05, 0.1) is 17.7 Å². The molecule has 0 atom stereocenters. The lowest BCUT2D eigenvalue weighted by Crippen LogP contribution is -2.45. The third-order valence-corrected chi connectivity index (χ3v) is 7.66. The molecule has 1 amide bonds. The molecule has 2 heterocycles. The Kier molecular flexibility index (Phi) is 7.52. The van der Waals surface area contributed by atoms with Crippen LogP contribution >= 0.6 is 0 Å². The van der Waals surface area contributed by atoms with E-state index in [1.165, 1.54) is 6.26 Å². The van der Waals surface area contributed by atoms with Gasteiger partial charge in [-0.3, -0.25) is 14.7 Å². The van der Waals surface area contributed by atoms with E-state index in [1.54, 1.807) is 37.4 Å². The van der Waals surface area contributed by atoms with Crippen molar-refractivity contribution in [1.82, 2.24) is 14.8 Å². The van der Waals surface area contributed by atoms with Gasteiger partial charge in [0.1, 0.15) is 5.75 Å². The van der Waals surface area contributed by atoms with E-state index in [1.807, 2.05) is 35.4 Å². The van der Waals surface area contributed by atoms with Crippen molar-refractivity contribution in [3.8, 4) is 17.0 Å². The molecular weight excluding hydrogens is 462 g/mol. The van der Waals surface area contributed by atoms with Crippen molar-refractivity contribution in [3.05, 3.63) is 78.0 Å². The predicted molar refractivity (Wildman–Crippen MR) is 136 cm³/mol. The van der Waals surface area contributed by atoms with Crippen LogP contribution < -0.4 is 4.74 Å². The van der Waals surface area contributed by atoms with Crippen LogP contribution in [0.5, 0.6) is 5.75 Å². The number of piperidine rings is 1. The Bertz CT molecular complexity index is 1270. The van der Waals surface area contributed by atoms with Crippen molar-refractivity contribution in [2.75, 3.05) is 33.5 Å². The van der Waals surface area contributed by atoms with Crippen molar-refractivity contribution >= 4 is 15.7 Å². The summed E-state index contributed by atoms with van der Waals surface area (Å²) in [7, 11) is 0.506. The van der Waals surface area contributed by atoms with Crippen LogP contribution in [-0.4, -0.2) is 68.7 Å². The number of carbonyl (C=O) groups is 1. The number of aromatic nitrogens is 1.